The van der Waals surface area contributed by atoms with E-state index in [4.69, 9.17) is 4.74 Å². The van der Waals surface area contributed by atoms with Crippen molar-refractivity contribution in [2.45, 2.75) is 13.0 Å². The Kier molecular flexibility index (Phi) is 5.25. The molecule has 1 saturated heterocycles. The maximum Gasteiger partial charge on any atom is 0.271 e. The van der Waals surface area contributed by atoms with Crippen LogP contribution in [-0.4, -0.2) is 62.0 Å². The number of likely N-dealkylation sites (N-methyl/N-ethyl adjacent to an activating group) is 1. The molecule has 1 unspecified atom stereocenters. The van der Waals surface area contributed by atoms with Crippen LogP contribution in [0.5, 0.6) is 0 Å². The maximum atomic E-state index is 11.6. The van der Waals surface area contributed by atoms with E-state index < -0.39 is 0 Å². The molecule has 0 aromatic carbocycles. The molecular formula is C13H21N5O2. The van der Waals surface area contributed by atoms with Crippen LogP contribution in [0.15, 0.2) is 12.1 Å². The molecule has 20 heavy (non-hydrogen) atoms. The third-order valence-electron chi connectivity index (χ3n) is 3.12. The molecule has 2 heterocycles. The van der Waals surface area contributed by atoms with Gasteiger partial charge in [-0.1, -0.05) is 0 Å². The van der Waals surface area contributed by atoms with E-state index in [9.17, 15) is 4.79 Å². The van der Waals surface area contributed by atoms with E-state index in [1.165, 1.54) is 0 Å². The summed E-state index contributed by atoms with van der Waals surface area (Å²) in [6, 6.07) is 3.54. The highest BCUT2D eigenvalue weighted by molar-refractivity contribution is 5.92. The van der Waals surface area contributed by atoms with E-state index in [-0.39, 0.29) is 12.0 Å². The van der Waals surface area contributed by atoms with E-state index in [0.29, 0.717) is 18.8 Å². The summed E-state index contributed by atoms with van der Waals surface area (Å²) in [5.41, 5.74) is 0.343. The molecule has 1 aliphatic heterocycles. The Morgan fingerprint density at radius 3 is 3.00 bits per heavy atom. The number of hydrogen-bond acceptors (Lipinski definition) is 6. The zero-order chi connectivity index (χ0) is 14.4. The van der Waals surface area contributed by atoms with Gasteiger partial charge in [0, 0.05) is 26.2 Å². The fraction of sp³-hybridized carbons (Fsp3) is 0.615. The fourth-order valence-electron chi connectivity index (χ4n) is 2.14. The van der Waals surface area contributed by atoms with Gasteiger partial charge >= 0.3 is 0 Å². The standard InChI is InChI=1S/C13H21N5O2/c1-3-15-13(19)11-4-5-12(17-16-11)18-6-7-20-10(9-18)8-14-2/h4-5,10,14H,3,6-9H2,1-2H3,(H,15,19). The topological polar surface area (TPSA) is 79.4 Å². The average Bonchev–Trinajstić information content (AvgIpc) is 2.48. The number of ether oxygens (including phenoxy) is 1. The smallest absolute Gasteiger partial charge is 0.271 e. The molecule has 1 aromatic rings. The number of carbonyl (C=O) groups is 1. The van der Waals surface area contributed by atoms with Crippen LogP contribution in [0.4, 0.5) is 5.82 Å². The minimum atomic E-state index is -0.193. The maximum absolute atomic E-state index is 11.6. The molecule has 1 amide bonds. The number of hydrogen-bond donors (Lipinski definition) is 2. The molecule has 1 atom stereocenters. The molecule has 7 nitrogen and oxygen atoms in total. The SMILES string of the molecule is CCNC(=O)c1ccc(N2CCOC(CNC)C2)nn1. The zero-order valence-electron chi connectivity index (χ0n) is 11.9. The van der Waals surface area contributed by atoms with Crippen molar-refractivity contribution in [1.82, 2.24) is 20.8 Å². The van der Waals surface area contributed by atoms with Crippen molar-refractivity contribution in [1.29, 1.82) is 0 Å². The average molecular weight is 279 g/mol. The second-order valence-electron chi connectivity index (χ2n) is 4.63. The van der Waals surface area contributed by atoms with Crippen LogP contribution >= 0.6 is 0 Å². The first-order valence-electron chi connectivity index (χ1n) is 6.87. The van der Waals surface area contributed by atoms with Crippen molar-refractivity contribution in [3.8, 4) is 0 Å². The van der Waals surface area contributed by atoms with Gasteiger partial charge in [0.2, 0.25) is 0 Å². The van der Waals surface area contributed by atoms with Crippen LogP contribution in [0.25, 0.3) is 0 Å². The summed E-state index contributed by atoms with van der Waals surface area (Å²) in [5, 5.41) is 13.9. The molecule has 1 aromatic heterocycles. The Labute approximate surface area is 118 Å². The number of nitrogens with one attached hydrogen (secondary N) is 2. The minimum Gasteiger partial charge on any atom is -0.373 e. The Balaban J connectivity index is 2.00. The second kappa shape index (κ2) is 7.16. The third kappa shape index (κ3) is 3.64. The molecule has 0 saturated carbocycles. The van der Waals surface area contributed by atoms with Gasteiger partial charge in [0.15, 0.2) is 11.5 Å². The van der Waals surface area contributed by atoms with Crippen molar-refractivity contribution in [3.05, 3.63) is 17.8 Å². The molecule has 110 valence electrons. The lowest BCUT2D eigenvalue weighted by molar-refractivity contribution is 0.0418. The molecule has 1 aliphatic rings. The van der Waals surface area contributed by atoms with Gasteiger partial charge in [-0.2, -0.15) is 0 Å². The van der Waals surface area contributed by atoms with Crippen LogP contribution < -0.4 is 15.5 Å². The number of carbonyl (C=O) groups excluding carboxylic acids is 1. The number of rotatable bonds is 5. The van der Waals surface area contributed by atoms with E-state index >= 15 is 0 Å². The largest absolute Gasteiger partial charge is 0.373 e. The Hall–Kier alpha value is -1.73. The van der Waals surface area contributed by atoms with Crippen molar-refractivity contribution >= 4 is 11.7 Å². The molecule has 0 radical (unpaired) electrons. The number of aromatic nitrogens is 2. The lowest BCUT2D eigenvalue weighted by Crippen LogP contribution is -2.46. The highest BCUT2D eigenvalue weighted by Crippen LogP contribution is 2.14. The molecule has 0 spiro atoms. The minimum absolute atomic E-state index is 0.151. The van der Waals surface area contributed by atoms with E-state index in [1.807, 2.05) is 20.0 Å². The summed E-state index contributed by atoms with van der Waals surface area (Å²) < 4.78 is 5.65. The van der Waals surface area contributed by atoms with Gasteiger partial charge in [0.05, 0.1) is 12.7 Å². The van der Waals surface area contributed by atoms with E-state index in [2.05, 4.69) is 25.7 Å². The number of nitrogens with zero attached hydrogens (tertiary/aromatic N) is 3. The highest BCUT2D eigenvalue weighted by Gasteiger charge is 2.21. The fourth-order valence-corrected chi connectivity index (χ4v) is 2.14. The van der Waals surface area contributed by atoms with Crippen LogP contribution in [0.3, 0.4) is 0 Å². The van der Waals surface area contributed by atoms with E-state index in [1.54, 1.807) is 6.07 Å². The van der Waals surface area contributed by atoms with Gasteiger partial charge in [0.25, 0.3) is 5.91 Å². The van der Waals surface area contributed by atoms with Gasteiger partial charge in [-0.05, 0) is 26.1 Å². The van der Waals surface area contributed by atoms with Crippen molar-refractivity contribution < 1.29 is 9.53 Å². The third-order valence-corrected chi connectivity index (χ3v) is 3.12. The molecule has 2 N–H and O–H groups in total. The summed E-state index contributed by atoms with van der Waals surface area (Å²) in [7, 11) is 1.91. The number of amides is 1. The van der Waals surface area contributed by atoms with Crippen LogP contribution in [-0.2, 0) is 4.74 Å². The molecule has 1 fully saturated rings. The molecule has 0 bridgehead atoms. The van der Waals surface area contributed by atoms with E-state index in [0.717, 1.165) is 25.5 Å². The van der Waals surface area contributed by atoms with Crippen molar-refractivity contribution in [2.75, 3.05) is 44.7 Å². The normalized spacial score (nSPS) is 18.9. The Morgan fingerprint density at radius 2 is 2.35 bits per heavy atom. The van der Waals surface area contributed by atoms with Crippen molar-refractivity contribution in [3.63, 3.8) is 0 Å². The molecule has 0 aliphatic carbocycles. The Morgan fingerprint density at radius 1 is 1.50 bits per heavy atom. The monoisotopic (exact) mass is 279 g/mol. The summed E-state index contributed by atoms with van der Waals surface area (Å²) in [4.78, 5) is 13.7. The van der Waals surface area contributed by atoms with Gasteiger partial charge in [-0.15, -0.1) is 10.2 Å². The number of anilines is 1. The van der Waals surface area contributed by atoms with Crippen LogP contribution in [0.1, 0.15) is 17.4 Å². The predicted molar refractivity (Wildman–Crippen MR) is 75.9 cm³/mol. The second-order valence-corrected chi connectivity index (χ2v) is 4.63. The van der Waals surface area contributed by atoms with Gasteiger partial charge in [-0.3, -0.25) is 4.79 Å². The predicted octanol–water partition coefficient (Wildman–Crippen LogP) is -0.349. The quantitative estimate of drug-likeness (QED) is 0.767. The molecule has 7 heteroatoms. The lowest BCUT2D eigenvalue weighted by Gasteiger charge is -2.33. The van der Waals surface area contributed by atoms with Crippen LogP contribution in [0.2, 0.25) is 0 Å². The summed E-state index contributed by atoms with van der Waals surface area (Å²) >= 11 is 0. The van der Waals surface area contributed by atoms with Gasteiger partial charge in [0.1, 0.15) is 0 Å². The lowest BCUT2D eigenvalue weighted by atomic mass is 10.2. The summed E-state index contributed by atoms with van der Waals surface area (Å²) in [6.07, 6.45) is 0.151. The number of morpholine rings is 1. The van der Waals surface area contributed by atoms with Crippen LogP contribution in [0, 0.1) is 0 Å². The zero-order valence-corrected chi connectivity index (χ0v) is 11.9. The Bertz CT molecular complexity index is 435. The van der Waals surface area contributed by atoms with Crippen molar-refractivity contribution in [2.24, 2.45) is 0 Å². The first-order chi connectivity index (χ1) is 9.74. The first kappa shape index (κ1) is 14.7. The first-order valence-corrected chi connectivity index (χ1v) is 6.87. The van der Waals surface area contributed by atoms with Gasteiger partial charge in [-0.25, -0.2) is 0 Å². The highest BCUT2D eigenvalue weighted by atomic mass is 16.5. The molecular weight excluding hydrogens is 258 g/mol. The summed E-state index contributed by atoms with van der Waals surface area (Å²) in [5.74, 6) is 0.587. The van der Waals surface area contributed by atoms with Gasteiger partial charge < -0.3 is 20.3 Å². The molecule has 2 rings (SSSR count). The summed E-state index contributed by atoms with van der Waals surface area (Å²) in [6.45, 7) is 5.49.